The molecule has 3 aromatic rings. The van der Waals surface area contributed by atoms with Gasteiger partial charge in [-0.1, -0.05) is 11.2 Å². The molecule has 3 aromatic heterocycles. The van der Waals surface area contributed by atoms with E-state index >= 15 is 0 Å². The van der Waals surface area contributed by atoms with Gasteiger partial charge in [-0.05, 0) is 37.8 Å². The van der Waals surface area contributed by atoms with Crippen LogP contribution in [0.4, 0.5) is 0 Å². The molecule has 0 aliphatic carbocycles. The Bertz CT molecular complexity index is 746. The van der Waals surface area contributed by atoms with E-state index in [-0.39, 0.29) is 0 Å². The zero-order chi connectivity index (χ0) is 14.9. The fourth-order valence-electron chi connectivity index (χ4n) is 3.18. The predicted octanol–water partition coefficient (Wildman–Crippen LogP) is 3.77. The van der Waals surface area contributed by atoms with E-state index < -0.39 is 0 Å². The normalized spacial score (nSPS) is 19.0. The summed E-state index contributed by atoms with van der Waals surface area (Å²) in [6.45, 7) is 3.92. The molecule has 1 saturated heterocycles. The molecule has 0 amide bonds. The van der Waals surface area contributed by atoms with Gasteiger partial charge in [-0.3, -0.25) is 10.00 Å². The number of hydrogen-bond acceptors (Lipinski definition) is 5. The number of aryl methyl sites for hydroxylation is 1. The smallest absolute Gasteiger partial charge is 0.133 e. The molecule has 22 heavy (non-hydrogen) atoms. The first kappa shape index (κ1) is 13.7. The summed E-state index contributed by atoms with van der Waals surface area (Å²) >= 11 is 1.74. The Labute approximate surface area is 132 Å². The number of rotatable bonds is 4. The maximum Gasteiger partial charge on any atom is 0.133 e. The van der Waals surface area contributed by atoms with Crippen molar-refractivity contribution in [2.24, 2.45) is 0 Å². The Morgan fingerprint density at radius 2 is 2.45 bits per heavy atom. The van der Waals surface area contributed by atoms with Crippen molar-refractivity contribution in [2.75, 3.05) is 6.54 Å². The number of nitrogens with one attached hydrogen (secondary N) is 1. The Kier molecular flexibility index (Phi) is 3.56. The fourth-order valence-corrected chi connectivity index (χ4v) is 3.93. The zero-order valence-electron chi connectivity index (χ0n) is 12.5. The molecule has 114 valence electrons. The van der Waals surface area contributed by atoms with Crippen molar-refractivity contribution in [1.82, 2.24) is 20.3 Å². The lowest BCUT2D eigenvalue weighted by atomic mass is 10.1. The first-order valence-electron chi connectivity index (χ1n) is 7.54. The standard InChI is InChI=1S/C16H18N4OS/c1-11-8-13(19-21-11)14-4-2-6-20(14)10-12-9-17-18-16(12)15-5-3-7-22-15/h3,5,7-9,14H,2,4,6,10H2,1H3,(H,17,18)/t14-/m1/s1. The molecule has 1 N–H and O–H groups in total. The third kappa shape index (κ3) is 2.48. The van der Waals surface area contributed by atoms with Crippen molar-refractivity contribution in [1.29, 1.82) is 0 Å². The number of thiophene rings is 1. The summed E-state index contributed by atoms with van der Waals surface area (Å²) in [6, 6.07) is 6.60. The van der Waals surface area contributed by atoms with Gasteiger partial charge in [-0.2, -0.15) is 5.10 Å². The topological polar surface area (TPSA) is 58.0 Å². The van der Waals surface area contributed by atoms with Gasteiger partial charge in [-0.25, -0.2) is 0 Å². The molecule has 4 heterocycles. The molecule has 1 aliphatic heterocycles. The number of hydrogen-bond donors (Lipinski definition) is 1. The molecular weight excluding hydrogens is 296 g/mol. The van der Waals surface area contributed by atoms with Gasteiger partial charge < -0.3 is 4.52 Å². The summed E-state index contributed by atoms with van der Waals surface area (Å²) in [5, 5.41) is 13.7. The maximum atomic E-state index is 5.25. The van der Waals surface area contributed by atoms with Crippen LogP contribution in [0.5, 0.6) is 0 Å². The van der Waals surface area contributed by atoms with E-state index in [0.29, 0.717) is 6.04 Å². The van der Waals surface area contributed by atoms with Crippen LogP contribution in [0, 0.1) is 6.92 Å². The van der Waals surface area contributed by atoms with Crippen LogP contribution in [0.25, 0.3) is 10.6 Å². The quantitative estimate of drug-likeness (QED) is 0.796. The van der Waals surface area contributed by atoms with Crippen LogP contribution in [-0.4, -0.2) is 26.8 Å². The summed E-state index contributed by atoms with van der Waals surface area (Å²) in [5.74, 6) is 0.879. The highest BCUT2D eigenvalue weighted by Gasteiger charge is 2.29. The van der Waals surface area contributed by atoms with Crippen LogP contribution in [0.15, 0.2) is 34.3 Å². The van der Waals surface area contributed by atoms with Gasteiger partial charge in [0, 0.05) is 18.2 Å². The summed E-state index contributed by atoms with van der Waals surface area (Å²) in [6.07, 6.45) is 4.28. The second-order valence-corrected chi connectivity index (χ2v) is 6.69. The maximum absolute atomic E-state index is 5.25. The summed E-state index contributed by atoms with van der Waals surface area (Å²) < 4.78 is 5.25. The van der Waals surface area contributed by atoms with Gasteiger partial charge >= 0.3 is 0 Å². The van der Waals surface area contributed by atoms with Crippen molar-refractivity contribution in [3.63, 3.8) is 0 Å². The molecule has 0 radical (unpaired) electrons. The van der Waals surface area contributed by atoms with E-state index in [1.165, 1.54) is 16.9 Å². The van der Waals surface area contributed by atoms with Crippen LogP contribution >= 0.6 is 11.3 Å². The van der Waals surface area contributed by atoms with Crippen molar-refractivity contribution in [3.8, 4) is 10.6 Å². The third-order valence-electron chi connectivity index (χ3n) is 4.21. The van der Waals surface area contributed by atoms with Gasteiger partial charge in [0.25, 0.3) is 0 Å². The Balaban J connectivity index is 1.57. The molecule has 1 aliphatic rings. The molecule has 0 spiro atoms. The molecule has 0 saturated carbocycles. The van der Waals surface area contributed by atoms with E-state index in [4.69, 9.17) is 4.52 Å². The predicted molar refractivity (Wildman–Crippen MR) is 85.5 cm³/mol. The van der Waals surface area contributed by atoms with Crippen LogP contribution in [-0.2, 0) is 6.54 Å². The average molecular weight is 314 g/mol. The molecule has 5 nitrogen and oxygen atoms in total. The number of aromatic nitrogens is 3. The minimum Gasteiger partial charge on any atom is -0.361 e. The molecule has 0 unspecified atom stereocenters. The van der Waals surface area contributed by atoms with Gasteiger partial charge in [0.1, 0.15) is 11.5 Å². The van der Waals surface area contributed by atoms with Crippen molar-refractivity contribution >= 4 is 11.3 Å². The number of H-pyrrole nitrogens is 1. The fraction of sp³-hybridized carbons (Fsp3) is 0.375. The van der Waals surface area contributed by atoms with E-state index in [1.807, 2.05) is 13.1 Å². The summed E-state index contributed by atoms with van der Waals surface area (Å²) in [4.78, 5) is 3.71. The zero-order valence-corrected chi connectivity index (χ0v) is 13.3. The number of aromatic amines is 1. The van der Waals surface area contributed by atoms with Gasteiger partial charge in [0.05, 0.1) is 22.8 Å². The second kappa shape index (κ2) is 5.70. The third-order valence-corrected chi connectivity index (χ3v) is 5.10. The van der Waals surface area contributed by atoms with E-state index in [0.717, 1.165) is 36.7 Å². The highest BCUT2D eigenvalue weighted by Crippen LogP contribution is 2.34. The lowest BCUT2D eigenvalue weighted by Gasteiger charge is -2.22. The van der Waals surface area contributed by atoms with E-state index in [9.17, 15) is 0 Å². The van der Waals surface area contributed by atoms with Gasteiger partial charge in [-0.15, -0.1) is 11.3 Å². The number of nitrogens with zero attached hydrogens (tertiary/aromatic N) is 3. The van der Waals surface area contributed by atoms with Crippen LogP contribution in [0.1, 0.15) is 35.9 Å². The Morgan fingerprint density at radius 1 is 1.50 bits per heavy atom. The van der Waals surface area contributed by atoms with Gasteiger partial charge in [0.2, 0.25) is 0 Å². The summed E-state index contributed by atoms with van der Waals surface area (Å²) in [7, 11) is 0. The molecular formula is C16H18N4OS. The molecule has 0 bridgehead atoms. The van der Waals surface area contributed by atoms with Crippen LogP contribution in [0.3, 0.4) is 0 Å². The second-order valence-electron chi connectivity index (χ2n) is 5.74. The minimum atomic E-state index is 0.350. The molecule has 1 fully saturated rings. The van der Waals surface area contributed by atoms with Crippen molar-refractivity contribution in [2.45, 2.75) is 32.4 Å². The highest BCUT2D eigenvalue weighted by atomic mass is 32.1. The Morgan fingerprint density at radius 3 is 3.23 bits per heavy atom. The molecule has 1 atom stereocenters. The van der Waals surface area contributed by atoms with Gasteiger partial charge in [0.15, 0.2) is 0 Å². The SMILES string of the molecule is Cc1cc([C@H]2CCCN2Cc2cn[nH]c2-c2cccs2)no1. The van der Waals surface area contributed by atoms with Crippen LogP contribution in [0.2, 0.25) is 0 Å². The lowest BCUT2D eigenvalue weighted by molar-refractivity contribution is 0.237. The highest BCUT2D eigenvalue weighted by molar-refractivity contribution is 7.13. The summed E-state index contributed by atoms with van der Waals surface area (Å²) in [5.41, 5.74) is 3.43. The van der Waals surface area contributed by atoms with Crippen molar-refractivity contribution in [3.05, 3.63) is 46.8 Å². The van der Waals surface area contributed by atoms with Crippen LogP contribution < -0.4 is 0 Å². The van der Waals surface area contributed by atoms with Crippen molar-refractivity contribution < 1.29 is 4.52 Å². The Hall–Kier alpha value is -1.92. The monoisotopic (exact) mass is 314 g/mol. The average Bonchev–Trinajstić information content (AvgIpc) is 3.25. The first-order valence-corrected chi connectivity index (χ1v) is 8.42. The van der Waals surface area contributed by atoms with E-state index in [2.05, 4.69) is 43.8 Å². The molecule has 6 heteroatoms. The largest absolute Gasteiger partial charge is 0.361 e. The lowest BCUT2D eigenvalue weighted by Crippen LogP contribution is -2.23. The number of likely N-dealkylation sites (tertiary alicyclic amines) is 1. The van der Waals surface area contributed by atoms with E-state index in [1.54, 1.807) is 11.3 Å². The first-order chi connectivity index (χ1) is 10.8. The molecule has 4 rings (SSSR count). The minimum absolute atomic E-state index is 0.350. The molecule has 0 aromatic carbocycles.